The van der Waals surface area contributed by atoms with Gasteiger partial charge in [0.15, 0.2) is 0 Å². The summed E-state index contributed by atoms with van der Waals surface area (Å²) in [4.78, 5) is 12.9. The minimum Gasteiger partial charge on any atom is -0.481 e. The van der Waals surface area contributed by atoms with Crippen molar-refractivity contribution in [1.29, 1.82) is 0 Å². The Labute approximate surface area is 121 Å². The van der Waals surface area contributed by atoms with Gasteiger partial charge < -0.3 is 9.84 Å². The molecule has 1 N–H and O–H groups in total. The fraction of sp³-hybridized carbons (Fsp3) is 0.462. The molecule has 1 aromatic rings. The first-order valence-corrected chi connectivity index (χ1v) is 6.79. The number of hydrogen-bond acceptors (Lipinski definition) is 3. The standard InChI is InChI=1S/C13H15Cl2NO3/c14-10-3-9(4-11(15)5-10)7-16-1-2-19-8-12(16)6-13(17)18/h3-5,12H,1-2,6-8H2,(H,17,18). The molecule has 1 saturated heterocycles. The second-order valence-electron chi connectivity index (χ2n) is 4.57. The average Bonchev–Trinajstić information content (AvgIpc) is 2.29. The van der Waals surface area contributed by atoms with Crippen LogP contribution in [0.4, 0.5) is 0 Å². The van der Waals surface area contributed by atoms with Gasteiger partial charge in [-0.2, -0.15) is 0 Å². The third-order valence-electron chi connectivity index (χ3n) is 3.07. The van der Waals surface area contributed by atoms with Crippen molar-refractivity contribution in [3.8, 4) is 0 Å². The van der Waals surface area contributed by atoms with E-state index in [2.05, 4.69) is 4.90 Å². The molecule has 1 fully saturated rings. The predicted molar refractivity (Wildman–Crippen MR) is 73.7 cm³/mol. The summed E-state index contributed by atoms with van der Waals surface area (Å²) in [7, 11) is 0. The van der Waals surface area contributed by atoms with Gasteiger partial charge in [-0.1, -0.05) is 23.2 Å². The highest BCUT2D eigenvalue weighted by Gasteiger charge is 2.25. The third-order valence-corrected chi connectivity index (χ3v) is 3.50. The van der Waals surface area contributed by atoms with Gasteiger partial charge in [0.05, 0.1) is 19.6 Å². The number of halogens is 2. The Balaban J connectivity index is 2.08. The molecule has 4 nitrogen and oxygen atoms in total. The Bertz CT molecular complexity index is 447. The van der Waals surface area contributed by atoms with Crippen molar-refractivity contribution >= 4 is 29.2 Å². The highest BCUT2D eigenvalue weighted by atomic mass is 35.5. The number of carboxylic acids is 1. The second kappa shape index (κ2) is 6.57. The van der Waals surface area contributed by atoms with E-state index in [4.69, 9.17) is 33.0 Å². The van der Waals surface area contributed by atoms with Crippen molar-refractivity contribution in [1.82, 2.24) is 4.90 Å². The lowest BCUT2D eigenvalue weighted by Gasteiger charge is -2.34. The number of hydrogen-bond donors (Lipinski definition) is 1. The predicted octanol–water partition coefficient (Wildman–Crippen LogP) is 2.67. The molecular weight excluding hydrogens is 289 g/mol. The summed E-state index contributed by atoms with van der Waals surface area (Å²) in [6.07, 6.45) is 0.0777. The van der Waals surface area contributed by atoms with Crippen LogP contribution >= 0.6 is 23.2 Å². The highest BCUT2D eigenvalue weighted by molar-refractivity contribution is 6.34. The minimum atomic E-state index is -0.815. The summed E-state index contributed by atoms with van der Waals surface area (Å²) in [5.41, 5.74) is 0.981. The molecule has 104 valence electrons. The van der Waals surface area contributed by atoms with E-state index in [1.54, 1.807) is 6.07 Å². The Hall–Kier alpha value is -0.810. The quantitative estimate of drug-likeness (QED) is 0.929. The molecule has 0 spiro atoms. The highest BCUT2D eigenvalue weighted by Crippen LogP contribution is 2.22. The van der Waals surface area contributed by atoms with Gasteiger partial charge in [-0.15, -0.1) is 0 Å². The van der Waals surface area contributed by atoms with Crippen LogP contribution in [0.15, 0.2) is 18.2 Å². The zero-order valence-electron chi connectivity index (χ0n) is 10.3. The van der Waals surface area contributed by atoms with Crippen LogP contribution in [0.5, 0.6) is 0 Å². The fourth-order valence-electron chi connectivity index (χ4n) is 2.22. The Kier molecular flexibility index (Phi) is 5.05. The number of nitrogens with zero attached hydrogens (tertiary/aromatic N) is 1. The monoisotopic (exact) mass is 303 g/mol. The van der Waals surface area contributed by atoms with Crippen LogP contribution in [0.1, 0.15) is 12.0 Å². The maximum atomic E-state index is 10.8. The molecule has 6 heteroatoms. The van der Waals surface area contributed by atoms with E-state index >= 15 is 0 Å². The molecule has 0 saturated carbocycles. The zero-order chi connectivity index (χ0) is 13.8. The molecule has 1 heterocycles. The molecule has 19 heavy (non-hydrogen) atoms. The van der Waals surface area contributed by atoms with Crippen molar-refractivity contribution in [3.05, 3.63) is 33.8 Å². The van der Waals surface area contributed by atoms with Crippen molar-refractivity contribution in [2.45, 2.75) is 19.0 Å². The first-order valence-electron chi connectivity index (χ1n) is 6.03. The van der Waals surface area contributed by atoms with E-state index in [1.165, 1.54) is 0 Å². The molecular formula is C13H15Cl2NO3. The van der Waals surface area contributed by atoms with Crippen molar-refractivity contribution in [2.75, 3.05) is 19.8 Å². The number of morpholine rings is 1. The van der Waals surface area contributed by atoms with Crippen LogP contribution in [-0.4, -0.2) is 41.8 Å². The molecule has 1 atom stereocenters. The van der Waals surface area contributed by atoms with E-state index in [9.17, 15) is 4.79 Å². The number of carbonyl (C=O) groups is 1. The van der Waals surface area contributed by atoms with E-state index in [1.807, 2.05) is 12.1 Å². The number of ether oxygens (including phenoxy) is 1. The third kappa shape index (κ3) is 4.35. The van der Waals surface area contributed by atoms with Gasteiger partial charge in [-0.25, -0.2) is 0 Å². The molecule has 0 radical (unpaired) electrons. The van der Waals surface area contributed by atoms with Crippen LogP contribution in [0.25, 0.3) is 0 Å². The number of rotatable bonds is 4. The SMILES string of the molecule is O=C(O)CC1COCCN1Cc1cc(Cl)cc(Cl)c1. The van der Waals surface area contributed by atoms with Crippen molar-refractivity contribution in [3.63, 3.8) is 0 Å². The first-order chi connectivity index (χ1) is 9.04. The molecule has 0 amide bonds. The van der Waals surface area contributed by atoms with Crippen LogP contribution in [0.2, 0.25) is 10.0 Å². The Morgan fingerprint density at radius 1 is 1.37 bits per heavy atom. The van der Waals surface area contributed by atoms with Gasteiger partial charge in [0.2, 0.25) is 0 Å². The molecule has 1 aliphatic rings. The molecule has 1 unspecified atom stereocenters. The lowest BCUT2D eigenvalue weighted by atomic mass is 10.1. The molecule has 0 bridgehead atoms. The van der Waals surface area contributed by atoms with Gasteiger partial charge in [0.25, 0.3) is 0 Å². The molecule has 1 aromatic carbocycles. The number of benzene rings is 1. The van der Waals surface area contributed by atoms with Gasteiger partial charge in [-0.3, -0.25) is 9.69 Å². The Morgan fingerprint density at radius 3 is 2.68 bits per heavy atom. The Morgan fingerprint density at radius 2 is 2.05 bits per heavy atom. The zero-order valence-corrected chi connectivity index (χ0v) is 11.8. The summed E-state index contributed by atoms with van der Waals surface area (Å²) in [5, 5.41) is 10.1. The van der Waals surface area contributed by atoms with Crippen LogP contribution in [-0.2, 0) is 16.1 Å². The minimum absolute atomic E-state index is 0.0777. The van der Waals surface area contributed by atoms with Crippen LogP contribution < -0.4 is 0 Å². The van der Waals surface area contributed by atoms with Gasteiger partial charge in [0, 0.05) is 29.2 Å². The molecule has 1 aliphatic heterocycles. The second-order valence-corrected chi connectivity index (χ2v) is 5.45. The van der Waals surface area contributed by atoms with Crippen LogP contribution in [0.3, 0.4) is 0 Å². The normalized spacial score (nSPS) is 20.4. The van der Waals surface area contributed by atoms with E-state index in [-0.39, 0.29) is 12.5 Å². The maximum Gasteiger partial charge on any atom is 0.305 e. The molecule has 2 rings (SSSR count). The topological polar surface area (TPSA) is 49.8 Å². The van der Waals surface area contributed by atoms with Crippen LogP contribution in [0, 0.1) is 0 Å². The lowest BCUT2D eigenvalue weighted by Crippen LogP contribution is -2.45. The average molecular weight is 304 g/mol. The largest absolute Gasteiger partial charge is 0.481 e. The van der Waals surface area contributed by atoms with E-state index in [0.29, 0.717) is 36.3 Å². The van der Waals surface area contributed by atoms with Crippen molar-refractivity contribution < 1.29 is 14.6 Å². The summed E-state index contributed by atoms with van der Waals surface area (Å²) in [5.74, 6) is -0.815. The molecule has 0 aromatic heterocycles. The fourth-order valence-corrected chi connectivity index (χ4v) is 2.79. The van der Waals surface area contributed by atoms with E-state index in [0.717, 1.165) is 5.56 Å². The van der Waals surface area contributed by atoms with Gasteiger partial charge in [-0.05, 0) is 23.8 Å². The summed E-state index contributed by atoms with van der Waals surface area (Å²) in [6.45, 7) is 2.40. The summed E-state index contributed by atoms with van der Waals surface area (Å²) < 4.78 is 5.34. The number of aliphatic carboxylic acids is 1. The van der Waals surface area contributed by atoms with Gasteiger partial charge in [0.1, 0.15) is 0 Å². The maximum absolute atomic E-state index is 10.8. The molecule has 0 aliphatic carbocycles. The van der Waals surface area contributed by atoms with E-state index < -0.39 is 5.97 Å². The van der Waals surface area contributed by atoms with Crippen molar-refractivity contribution in [2.24, 2.45) is 0 Å². The number of carboxylic acid groups (broad SMARTS) is 1. The smallest absolute Gasteiger partial charge is 0.305 e. The summed E-state index contributed by atoms with van der Waals surface area (Å²) >= 11 is 11.9. The first kappa shape index (κ1) is 14.6. The summed E-state index contributed by atoms with van der Waals surface area (Å²) in [6, 6.07) is 5.27. The van der Waals surface area contributed by atoms with Gasteiger partial charge >= 0.3 is 5.97 Å². The lowest BCUT2D eigenvalue weighted by molar-refractivity contribution is -0.140.